The molecule has 220 valence electrons. The Morgan fingerprint density at radius 3 is 2.25 bits per heavy atom. The first-order chi connectivity index (χ1) is 19.1. The summed E-state index contributed by atoms with van der Waals surface area (Å²) in [5.74, 6) is 0.0623. The number of benzene rings is 2. The lowest BCUT2D eigenvalue weighted by atomic mass is 9.97. The molecule has 2 fully saturated rings. The zero-order chi connectivity index (χ0) is 28.7. The molecule has 0 aromatic heterocycles. The van der Waals surface area contributed by atoms with Gasteiger partial charge in [0.1, 0.15) is 5.67 Å². The van der Waals surface area contributed by atoms with Crippen molar-refractivity contribution in [1.82, 2.24) is 20.2 Å². The number of hydroxylamine groups is 1. The van der Waals surface area contributed by atoms with Crippen LogP contribution in [0.25, 0.3) is 0 Å². The number of piperidine rings is 1. The molecule has 4 rings (SSSR count). The molecule has 0 aliphatic carbocycles. The van der Waals surface area contributed by atoms with Crippen LogP contribution in [0.3, 0.4) is 0 Å². The number of carbonyl (C=O) groups is 1. The van der Waals surface area contributed by atoms with E-state index in [1.165, 1.54) is 11.1 Å². The maximum atomic E-state index is 13.9. The highest BCUT2D eigenvalue weighted by atomic mass is 19.1. The average Bonchev–Trinajstić information content (AvgIpc) is 2.91. The van der Waals surface area contributed by atoms with E-state index >= 15 is 0 Å². The van der Waals surface area contributed by atoms with Crippen LogP contribution >= 0.6 is 0 Å². The zero-order valence-electron chi connectivity index (χ0n) is 24.6. The summed E-state index contributed by atoms with van der Waals surface area (Å²) < 4.78 is 20.1. The van der Waals surface area contributed by atoms with Gasteiger partial charge in [-0.3, -0.25) is 19.8 Å². The van der Waals surface area contributed by atoms with E-state index < -0.39 is 11.6 Å². The Balaban J connectivity index is 1.22. The van der Waals surface area contributed by atoms with Crippen LogP contribution in [0.5, 0.6) is 0 Å². The average molecular weight is 555 g/mol. The van der Waals surface area contributed by atoms with Gasteiger partial charge in [0, 0.05) is 57.0 Å². The Morgan fingerprint density at radius 2 is 1.62 bits per heavy atom. The van der Waals surface area contributed by atoms with Crippen molar-refractivity contribution in [2.45, 2.75) is 78.0 Å². The largest absolute Gasteiger partial charge is 0.376 e. The first-order valence-corrected chi connectivity index (χ1v) is 14.7. The SMILES string of the molecule is C[C@@H]1CN(Cc2ccc(C(=O)NO)cc2)C[C@H](C)N1Cc1cccc(COCC2CCN(CC(C)(C)F)CC2)c1. The summed E-state index contributed by atoms with van der Waals surface area (Å²) in [5, 5.41) is 8.81. The molecule has 0 radical (unpaired) electrons. The number of piperazine rings is 1. The topological polar surface area (TPSA) is 68.3 Å². The standard InChI is InChI=1S/C32H47FN4O3/c1-24-17-36(19-26-8-10-30(11-9-26)31(38)34-39)18-25(2)37(24)20-28-6-5-7-29(16-28)22-40-21-27-12-14-35(15-13-27)23-32(3,4)33/h5-11,16,24-25,27,39H,12-15,17-23H2,1-4H3,(H,34,38)/t24-,25+. The lowest BCUT2D eigenvalue weighted by molar-refractivity contribution is 0.0289. The van der Waals surface area contributed by atoms with Crippen molar-refractivity contribution in [1.29, 1.82) is 0 Å². The lowest BCUT2D eigenvalue weighted by Crippen LogP contribution is -2.55. The van der Waals surface area contributed by atoms with Gasteiger partial charge in [-0.05, 0) is 88.4 Å². The number of halogens is 1. The molecule has 7 nitrogen and oxygen atoms in total. The molecule has 2 aromatic carbocycles. The Kier molecular flexibility index (Phi) is 10.7. The number of hydrogen-bond donors (Lipinski definition) is 2. The Bertz CT molecular complexity index is 1070. The molecular weight excluding hydrogens is 507 g/mol. The first-order valence-electron chi connectivity index (χ1n) is 14.7. The number of alkyl halides is 1. The zero-order valence-corrected chi connectivity index (χ0v) is 24.6. The van der Waals surface area contributed by atoms with Crippen molar-refractivity contribution in [3.05, 3.63) is 70.8 Å². The second kappa shape index (κ2) is 14.0. The van der Waals surface area contributed by atoms with Gasteiger partial charge in [0.05, 0.1) is 6.61 Å². The molecule has 40 heavy (non-hydrogen) atoms. The number of hydrogen-bond acceptors (Lipinski definition) is 6. The minimum atomic E-state index is -1.13. The van der Waals surface area contributed by atoms with Crippen molar-refractivity contribution in [2.75, 3.05) is 39.3 Å². The molecule has 0 spiro atoms. The molecular formula is C32H47FN4O3. The minimum absolute atomic E-state index is 0.414. The fourth-order valence-corrected chi connectivity index (χ4v) is 6.21. The maximum Gasteiger partial charge on any atom is 0.274 e. The van der Waals surface area contributed by atoms with Crippen LogP contribution < -0.4 is 5.48 Å². The van der Waals surface area contributed by atoms with Gasteiger partial charge in [0.25, 0.3) is 5.91 Å². The highest BCUT2D eigenvalue weighted by molar-refractivity contribution is 5.93. The number of nitrogens with zero attached hydrogens (tertiary/aromatic N) is 3. The Labute approximate surface area is 239 Å². The van der Waals surface area contributed by atoms with E-state index in [1.54, 1.807) is 31.5 Å². The normalized spacial score (nSPS) is 21.9. The fraction of sp³-hybridized carbons (Fsp3) is 0.594. The second-order valence-corrected chi connectivity index (χ2v) is 12.5. The van der Waals surface area contributed by atoms with Crippen molar-refractivity contribution < 1.29 is 19.1 Å². The number of likely N-dealkylation sites (tertiary alicyclic amines) is 1. The summed E-state index contributed by atoms with van der Waals surface area (Å²) in [4.78, 5) is 18.9. The summed E-state index contributed by atoms with van der Waals surface area (Å²) in [6.07, 6.45) is 2.15. The maximum absolute atomic E-state index is 13.9. The van der Waals surface area contributed by atoms with Crippen molar-refractivity contribution in [3.8, 4) is 0 Å². The minimum Gasteiger partial charge on any atom is -0.376 e. The summed E-state index contributed by atoms with van der Waals surface area (Å²) in [5.41, 5.74) is 4.68. The van der Waals surface area contributed by atoms with Crippen molar-refractivity contribution in [3.63, 3.8) is 0 Å². The summed E-state index contributed by atoms with van der Waals surface area (Å²) in [7, 11) is 0. The van der Waals surface area contributed by atoms with Gasteiger partial charge < -0.3 is 9.64 Å². The van der Waals surface area contributed by atoms with Crippen LogP contribution in [0.15, 0.2) is 48.5 Å². The molecule has 2 N–H and O–H groups in total. The smallest absolute Gasteiger partial charge is 0.274 e. The van der Waals surface area contributed by atoms with E-state index in [1.807, 2.05) is 12.1 Å². The van der Waals surface area contributed by atoms with Gasteiger partial charge in [0.2, 0.25) is 0 Å². The number of amides is 1. The first kappa shape index (κ1) is 30.6. The van der Waals surface area contributed by atoms with E-state index in [4.69, 9.17) is 9.94 Å². The van der Waals surface area contributed by atoms with Crippen LogP contribution in [0.4, 0.5) is 4.39 Å². The number of ether oxygens (including phenoxy) is 1. The Morgan fingerprint density at radius 1 is 0.975 bits per heavy atom. The van der Waals surface area contributed by atoms with Gasteiger partial charge >= 0.3 is 0 Å². The van der Waals surface area contributed by atoms with Gasteiger partial charge in [-0.1, -0.05) is 36.4 Å². The van der Waals surface area contributed by atoms with E-state index in [0.29, 0.717) is 36.7 Å². The molecule has 2 aromatic rings. The fourth-order valence-electron chi connectivity index (χ4n) is 6.21. The third-order valence-electron chi connectivity index (χ3n) is 8.19. The molecule has 2 aliphatic heterocycles. The van der Waals surface area contributed by atoms with Crippen LogP contribution in [0.2, 0.25) is 0 Å². The van der Waals surface area contributed by atoms with Crippen LogP contribution in [-0.2, 0) is 24.4 Å². The molecule has 2 aliphatic rings. The Hall–Kier alpha value is -2.36. The highest BCUT2D eigenvalue weighted by Gasteiger charge is 2.29. The number of carbonyl (C=O) groups excluding carboxylic acids is 1. The molecule has 2 atom stereocenters. The summed E-state index contributed by atoms with van der Waals surface area (Å²) in [6.45, 7) is 15.4. The molecule has 0 saturated carbocycles. The van der Waals surface area contributed by atoms with Gasteiger partial charge in [-0.25, -0.2) is 9.87 Å². The molecule has 8 heteroatoms. The highest BCUT2D eigenvalue weighted by Crippen LogP contribution is 2.23. The van der Waals surface area contributed by atoms with E-state index in [9.17, 15) is 9.18 Å². The summed E-state index contributed by atoms with van der Waals surface area (Å²) >= 11 is 0. The molecule has 0 bridgehead atoms. The molecule has 1 amide bonds. The quantitative estimate of drug-likeness (QED) is 0.305. The molecule has 0 unspecified atom stereocenters. The van der Waals surface area contributed by atoms with Crippen LogP contribution in [0.1, 0.15) is 67.6 Å². The van der Waals surface area contributed by atoms with Gasteiger partial charge in [-0.2, -0.15) is 0 Å². The van der Waals surface area contributed by atoms with E-state index in [-0.39, 0.29) is 0 Å². The van der Waals surface area contributed by atoms with Gasteiger partial charge in [0.15, 0.2) is 0 Å². The third kappa shape index (κ3) is 9.08. The predicted octanol–water partition coefficient (Wildman–Crippen LogP) is 4.88. The second-order valence-electron chi connectivity index (χ2n) is 12.5. The molecule has 2 heterocycles. The van der Waals surface area contributed by atoms with Gasteiger partial charge in [-0.15, -0.1) is 0 Å². The third-order valence-corrected chi connectivity index (χ3v) is 8.19. The van der Waals surface area contributed by atoms with Crippen LogP contribution in [0, 0.1) is 5.92 Å². The lowest BCUT2D eigenvalue weighted by Gasteiger charge is -2.44. The van der Waals surface area contributed by atoms with E-state index in [2.05, 4.69) is 52.8 Å². The number of rotatable bonds is 11. The molecule has 2 saturated heterocycles. The van der Waals surface area contributed by atoms with E-state index in [0.717, 1.165) is 64.3 Å². The number of nitrogens with one attached hydrogen (secondary N) is 1. The predicted molar refractivity (Wildman–Crippen MR) is 156 cm³/mol. The summed E-state index contributed by atoms with van der Waals surface area (Å²) in [6, 6.07) is 17.0. The van der Waals surface area contributed by atoms with Crippen LogP contribution in [-0.4, -0.2) is 82.9 Å². The van der Waals surface area contributed by atoms with Crippen molar-refractivity contribution >= 4 is 5.91 Å². The monoisotopic (exact) mass is 554 g/mol. The van der Waals surface area contributed by atoms with Crippen molar-refractivity contribution in [2.24, 2.45) is 5.92 Å².